The Labute approximate surface area is 115 Å². The van der Waals surface area contributed by atoms with Gasteiger partial charge in [-0.05, 0) is 24.3 Å². The number of carboxylic acids is 1. The molecule has 0 fully saturated rings. The molecule has 0 unspecified atom stereocenters. The number of esters is 1. The van der Waals surface area contributed by atoms with E-state index < -0.39 is 23.7 Å². The normalized spacial score (nSPS) is 11.2. The molecule has 0 aliphatic carbocycles. The fraction of sp³-hybridized carbons (Fsp3) is 0.0833. The number of halogens is 3. The lowest BCUT2D eigenvalue weighted by Crippen LogP contribution is -2.10. The van der Waals surface area contributed by atoms with Crippen molar-refractivity contribution in [3.8, 4) is 5.75 Å². The predicted molar refractivity (Wildman–Crippen MR) is 61.9 cm³/mol. The van der Waals surface area contributed by atoms with Gasteiger partial charge in [0.05, 0.1) is 5.56 Å². The van der Waals surface area contributed by atoms with Gasteiger partial charge in [-0.15, -0.1) is 0 Å². The Morgan fingerprint density at radius 2 is 1.81 bits per heavy atom. The summed E-state index contributed by atoms with van der Waals surface area (Å²) in [4.78, 5) is 22.2. The van der Waals surface area contributed by atoms with Crippen molar-refractivity contribution in [2.24, 2.45) is 0 Å². The summed E-state index contributed by atoms with van der Waals surface area (Å²) in [6, 6.07) is 4.44. The van der Waals surface area contributed by atoms with Gasteiger partial charge in [0, 0.05) is 6.07 Å². The molecular formula is C12H7F3N2O4. The Bertz CT molecular complexity index is 677. The largest absolute Gasteiger partial charge is 0.476 e. The van der Waals surface area contributed by atoms with Crippen LogP contribution >= 0.6 is 0 Å². The zero-order valence-corrected chi connectivity index (χ0v) is 10.1. The van der Waals surface area contributed by atoms with E-state index >= 15 is 0 Å². The van der Waals surface area contributed by atoms with E-state index in [1.807, 2.05) is 0 Å². The van der Waals surface area contributed by atoms with Crippen molar-refractivity contribution in [3.63, 3.8) is 0 Å². The lowest BCUT2D eigenvalue weighted by molar-refractivity contribution is -0.137. The van der Waals surface area contributed by atoms with Crippen LogP contribution in [0.25, 0.3) is 0 Å². The van der Waals surface area contributed by atoms with Gasteiger partial charge in [0.15, 0.2) is 5.69 Å². The third kappa shape index (κ3) is 3.38. The first kappa shape index (κ1) is 14.6. The molecule has 1 aromatic carbocycles. The fourth-order valence-corrected chi connectivity index (χ4v) is 1.41. The van der Waals surface area contributed by atoms with Crippen LogP contribution in [0.3, 0.4) is 0 Å². The number of nitrogens with zero attached hydrogens (tertiary/aromatic N) is 1. The minimum Gasteiger partial charge on any atom is -0.476 e. The van der Waals surface area contributed by atoms with E-state index in [2.05, 4.69) is 10.2 Å². The van der Waals surface area contributed by atoms with Crippen LogP contribution in [0.2, 0.25) is 0 Å². The number of nitrogens with one attached hydrogen (secondary N) is 1. The van der Waals surface area contributed by atoms with Crippen molar-refractivity contribution in [1.82, 2.24) is 10.2 Å². The number of alkyl halides is 3. The van der Waals surface area contributed by atoms with Crippen LogP contribution in [0.4, 0.5) is 13.2 Å². The maximum atomic E-state index is 12.3. The van der Waals surface area contributed by atoms with Crippen LogP contribution in [0, 0.1) is 0 Å². The maximum Gasteiger partial charge on any atom is 0.416 e. The van der Waals surface area contributed by atoms with Gasteiger partial charge in [-0.25, -0.2) is 9.59 Å². The van der Waals surface area contributed by atoms with Crippen molar-refractivity contribution in [3.05, 3.63) is 47.3 Å². The Morgan fingerprint density at radius 1 is 1.19 bits per heavy atom. The first-order chi connectivity index (χ1) is 9.77. The molecule has 0 aliphatic rings. The summed E-state index contributed by atoms with van der Waals surface area (Å²) in [6.07, 6.45) is -4.48. The topological polar surface area (TPSA) is 92.3 Å². The third-order valence-electron chi connectivity index (χ3n) is 2.41. The molecule has 2 N–H and O–H groups in total. The maximum absolute atomic E-state index is 12.3. The molecular weight excluding hydrogens is 293 g/mol. The van der Waals surface area contributed by atoms with Gasteiger partial charge in [-0.1, -0.05) is 0 Å². The van der Waals surface area contributed by atoms with Gasteiger partial charge >= 0.3 is 18.1 Å². The lowest BCUT2D eigenvalue weighted by Gasteiger charge is -2.07. The zero-order chi connectivity index (χ0) is 15.6. The second-order valence-electron chi connectivity index (χ2n) is 3.88. The van der Waals surface area contributed by atoms with Crippen molar-refractivity contribution >= 4 is 11.9 Å². The number of aromatic carboxylic acids is 1. The van der Waals surface area contributed by atoms with Crippen molar-refractivity contribution in [2.75, 3.05) is 0 Å². The standard InChI is InChI=1S/C12H7F3N2O4/c13-12(14,15)6-1-3-7(4-2-6)21-11(20)9-5-8(10(18)19)16-17-9/h1-5H,(H,16,17)(H,18,19). The minimum absolute atomic E-state index is 0.112. The van der Waals surface area contributed by atoms with Crippen molar-refractivity contribution < 1.29 is 32.6 Å². The number of H-pyrrole nitrogens is 1. The number of rotatable bonds is 3. The van der Waals surface area contributed by atoms with Gasteiger partial charge < -0.3 is 9.84 Å². The van der Waals surface area contributed by atoms with Crippen molar-refractivity contribution in [2.45, 2.75) is 6.18 Å². The molecule has 6 nitrogen and oxygen atoms in total. The van der Waals surface area contributed by atoms with Gasteiger partial charge in [-0.2, -0.15) is 18.3 Å². The average molecular weight is 300 g/mol. The number of carboxylic acid groups (broad SMARTS) is 1. The number of carbonyl (C=O) groups excluding carboxylic acids is 1. The van der Waals surface area contributed by atoms with Gasteiger partial charge in [0.25, 0.3) is 0 Å². The Balaban J connectivity index is 2.10. The predicted octanol–water partition coefficient (Wildman–Crippen LogP) is 2.35. The molecule has 0 saturated carbocycles. The number of ether oxygens (including phenoxy) is 1. The highest BCUT2D eigenvalue weighted by Gasteiger charge is 2.30. The van der Waals surface area contributed by atoms with Crippen LogP contribution in [-0.4, -0.2) is 27.2 Å². The molecule has 2 aromatic rings. The average Bonchev–Trinajstić information content (AvgIpc) is 2.88. The lowest BCUT2D eigenvalue weighted by atomic mass is 10.2. The molecule has 0 bridgehead atoms. The highest BCUT2D eigenvalue weighted by Crippen LogP contribution is 2.30. The summed E-state index contributed by atoms with van der Waals surface area (Å²) >= 11 is 0. The number of hydrogen-bond donors (Lipinski definition) is 2. The summed E-state index contributed by atoms with van der Waals surface area (Å²) in [7, 11) is 0. The molecule has 0 spiro atoms. The molecule has 1 aromatic heterocycles. The smallest absolute Gasteiger partial charge is 0.416 e. The van der Waals surface area contributed by atoms with Gasteiger partial charge in [-0.3, -0.25) is 5.10 Å². The number of aromatic nitrogens is 2. The van der Waals surface area contributed by atoms with Crippen LogP contribution in [-0.2, 0) is 6.18 Å². The Kier molecular flexibility index (Phi) is 3.66. The van der Waals surface area contributed by atoms with E-state index in [0.717, 1.165) is 30.3 Å². The quantitative estimate of drug-likeness (QED) is 0.670. The van der Waals surface area contributed by atoms with Crippen LogP contribution < -0.4 is 4.74 Å². The molecule has 2 rings (SSSR count). The molecule has 0 aliphatic heterocycles. The van der Waals surface area contributed by atoms with Crippen molar-refractivity contribution in [1.29, 1.82) is 0 Å². The molecule has 9 heteroatoms. The summed E-state index contributed by atoms with van der Waals surface area (Å²) in [5.74, 6) is -2.41. The molecule has 110 valence electrons. The molecule has 0 atom stereocenters. The van der Waals surface area contributed by atoms with E-state index in [9.17, 15) is 22.8 Å². The molecule has 0 amide bonds. The molecule has 0 radical (unpaired) electrons. The monoisotopic (exact) mass is 300 g/mol. The van der Waals surface area contributed by atoms with E-state index in [0.29, 0.717) is 0 Å². The number of aromatic amines is 1. The Hall–Kier alpha value is -2.84. The van der Waals surface area contributed by atoms with Gasteiger partial charge in [0.2, 0.25) is 0 Å². The first-order valence-electron chi connectivity index (χ1n) is 5.45. The van der Waals surface area contributed by atoms with E-state index in [1.165, 1.54) is 0 Å². The molecule has 0 saturated heterocycles. The molecule has 21 heavy (non-hydrogen) atoms. The van der Waals surface area contributed by atoms with Crippen LogP contribution in [0.15, 0.2) is 30.3 Å². The number of hydrogen-bond acceptors (Lipinski definition) is 4. The minimum atomic E-state index is -4.48. The van der Waals surface area contributed by atoms with Crippen LogP contribution in [0.1, 0.15) is 26.5 Å². The third-order valence-corrected chi connectivity index (χ3v) is 2.41. The first-order valence-corrected chi connectivity index (χ1v) is 5.45. The Morgan fingerprint density at radius 3 is 2.29 bits per heavy atom. The summed E-state index contributed by atoms with van der Waals surface area (Å²) < 4.78 is 41.8. The van der Waals surface area contributed by atoms with E-state index in [4.69, 9.17) is 9.84 Å². The van der Waals surface area contributed by atoms with Gasteiger partial charge in [0.1, 0.15) is 11.4 Å². The summed E-state index contributed by atoms with van der Waals surface area (Å²) in [5.41, 5.74) is -1.49. The summed E-state index contributed by atoms with van der Waals surface area (Å²) in [6.45, 7) is 0. The zero-order valence-electron chi connectivity index (χ0n) is 10.1. The van der Waals surface area contributed by atoms with E-state index in [-0.39, 0.29) is 17.1 Å². The second-order valence-corrected chi connectivity index (χ2v) is 3.88. The molecule has 1 heterocycles. The summed E-state index contributed by atoms with van der Waals surface area (Å²) in [5, 5.41) is 14.1. The van der Waals surface area contributed by atoms with E-state index in [1.54, 1.807) is 0 Å². The van der Waals surface area contributed by atoms with Crippen LogP contribution in [0.5, 0.6) is 5.75 Å². The highest BCUT2D eigenvalue weighted by molar-refractivity contribution is 5.93. The second kappa shape index (κ2) is 5.27. The highest BCUT2D eigenvalue weighted by atomic mass is 19.4. The fourth-order valence-electron chi connectivity index (χ4n) is 1.41. The number of benzene rings is 1. The number of carbonyl (C=O) groups is 2. The SMILES string of the molecule is O=C(O)c1cc(C(=O)Oc2ccc(C(F)(F)F)cc2)[nH]n1.